The number of thioether (sulfide) groups is 1. The molecule has 1 aliphatic carbocycles. The van der Waals surface area contributed by atoms with Crippen LogP contribution in [0.25, 0.3) is 0 Å². The third kappa shape index (κ3) is 3.63. The van der Waals surface area contributed by atoms with Crippen molar-refractivity contribution >= 4 is 39.4 Å². The minimum atomic E-state index is -0.0510. The lowest BCUT2D eigenvalue weighted by Gasteiger charge is -2.14. The highest BCUT2D eigenvalue weighted by Crippen LogP contribution is 2.28. The molecule has 0 aromatic carbocycles. The van der Waals surface area contributed by atoms with Gasteiger partial charge >= 0.3 is 0 Å². The SMILES string of the molecule is CNc1ncc(Br)cc1C(=O)NC1CCC(SC)C1. The molecule has 1 heterocycles. The van der Waals surface area contributed by atoms with Gasteiger partial charge in [0.2, 0.25) is 0 Å². The largest absolute Gasteiger partial charge is 0.372 e. The van der Waals surface area contributed by atoms with Crippen LogP contribution in [0.2, 0.25) is 0 Å². The van der Waals surface area contributed by atoms with E-state index in [4.69, 9.17) is 0 Å². The number of carbonyl (C=O) groups is 1. The highest BCUT2D eigenvalue weighted by Gasteiger charge is 2.26. The predicted molar refractivity (Wildman–Crippen MR) is 83.9 cm³/mol. The molecule has 0 radical (unpaired) electrons. The van der Waals surface area contributed by atoms with Crippen molar-refractivity contribution in [2.75, 3.05) is 18.6 Å². The summed E-state index contributed by atoms with van der Waals surface area (Å²) in [7, 11) is 1.77. The molecule has 104 valence electrons. The van der Waals surface area contributed by atoms with Gasteiger partial charge in [0, 0.05) is 29.0 Å². The molecule has 1 saturated carbocycles. The Hall–Kier alpha value is -0.750. The molecule has 2 rings (SSSR count). The van der Waals surface area contributed by atoms with Crippen LogP contribution >= 0.6 is 27.7 Å². The number of rotatable bonds is 4. The molecule has 6 heteroatoms. The Labute approximate surface area is 126 Å². The van der Waals surface area contributed by atoms with Crippen molar-refractivity contribution in [3.05, 3.63) is 22.3 Å². The van der Waals surface area contributed by atoms with E-state index in [2.05, 4.69) is 37.8 Å². The van der Waals surface area contributed by atoms with Crippen molar-refractivity contribution in [1.29, 1.82) is 0 Å². The van der Waals surface area contributed by atoms with Gasteiger partial charge in [-0.3, -0.25) is 4.79 Å². The first-order valence-electron chi connectivity index (χ1n) is 6.31. The van der Waals surface area contributed by atoms with E-state index in [0.29, 0.717) is 16.6 Å². The van der Waals surface area contributed by atoms with Crippen molar-refractivity contribution in [3.63, 3.8) is 0 Å². The number of nitrogens with one attached hydrogen (secondary N) is 2. The molecule has 1 amide bonds. The molecule has 0 saturated heterocycles. The number of pyridine rings is 1. The molecule has 1 aromatic rings. The molecule has 1 aliphatic rings. The van der Waals surface area contributed by atoms with Crippen LogP contribution in [0.5, 0.6) is 0 Å². The second-order valence-electron chi connectivity index (χ2n) is 4.64. The average Bonchev–Trinajstić information content (AvgIpc) is 2.86. The van der Waals surface area contributed by atoms with E-state index in [1.54, 1.807) is 19.3 Å². The van der Waals surface area contributed by atoms with Gasteiger partial charge in [-0.05, 0) is 47.5 Å². The van der Waals surface area contributed by atoms with Crippen molar-refractivity contribution < 1.29 is 4.79 Å². The summed E-state index contributed by atoms with van der Waals surface area (Å²) >= 11 is 5.24. The fourth-order valence-corrected chi connectivity index (χ4v) is 3.49. The second kappa shape index (κ2) is 6.61. The number of halogens is 1. The van der Waals surface area contributed by atoms with Crippen LogP contribution < -0.4 is 10.6 Å². The van der Waals surface area contributed by atoms with E-state index in [1.807, 2.05) is 11.8 Å². The third-order valence-corrected chi connectivity index (χ3v) is 4.92. The maximum atomic E-state index is 12.3. The number of amides is 1. The average molecular weight is 344 g/mol. The Morgan fingerprint density at radius 3 is 2.95 bits per heavy atom. The van der Waals surface area contributed by atoms with Crippen molar-refractivity contribution in [1.82, 2.24) is 10.3 Å². The monoisotopic (exact) mass is 343 g/mol. The molecular weight excluding hydrogens is 326 g/mol. The maximum Gasteiger partial charge on any atom is 0.255 e. The summed E-state index contributed by atoms with van der Waals surface area (Å²) < 4.78 is 0.810. The molecule has 0 bridgehead atoms. The van der Waals surface area contributed by atoms with Gasteiger partial charge in [0.1, 0.15) is 5.82 Å². The molecule has 0 spiro atoms. The molecule has 2 unspecified atom stereocenters. The zero-order valence-electron chi connectivity index (χ0n) is 11.1. The fraction of sp³-hybridized carbons (Fsp3) is 0.538. The van der Waals surface area contributed by atoms with E-state index in [9.17, 15) is 4.79 Å². The van der Waals surface area contributed by atoms with Gasteiger partial charge in [0.25, 0.3) is 5.91 Å². The summed E-state index contributed by atoms with van der Waals surface area (Å²) in [5.41, 5.74) is 0.587. The van der Waals surface area contributed by atoms with E-state index >= 15 is 0 Å². The standard InChI is InChI=1S/C13H18BrN3OS/c1-15-12-11(5-8(14)7-16-12)13(18)17-9-3-4-10(6-9)19-2/h5,7,9-10H,3-4,6H2,1-2H3,(H,15,16)(H,17,18). The minimum Gasteiger partial charge on any atom is -0.372 e. The number of hydrogen-bond donors (Lipinski definition) is 2. The van der Waals surface area contributed by atoms with Gasteiger partial charge in [-0.15, -0.1) is 0 Å². The van der Waals surface area contributed by atoms with E-state index in [-0.39, 0.29) is 11.9 Å². The van der Waals surface area contributed by atoms with Gasteiger partial charge in [-0.1, -0.05) is 0 Å². The van der Waals surface area contributed by atoms with Crippen molar-refractivity contribution in [2.45, 2.75) is 30.6 Å². The Balaban J connectivity index is 2.06. The summed E-state index contributed by atoms with van der Waals surface area (Å²) in [5.74, 6) is 0.560. The van der Waals surface area contributed by atoms with E-state index in [0.717, 1.165) is 17.3 Å². The molecule has 1 fully saturated rings. The highest BCUT2D eigenvalue weighted by atomic mass is 79.9. The highest BCUT2D eigenvalue weighted by molar-refractivity contribution is 9.10. The van der Waals surface area contributed by atoms with Gasteiger partial charge < -0.3 is 10.6 Å². The summed E-state index contributed by atoms with van der Waals surface area (Å²) in [6.45, 7) is 0. The van der Waals surface area contributed by atoms with Gasteiger partial charge in [-0.2, -0.15) is 11.8 Å². The summed E-state index contributed by atoms with van der Waals surface area (Å²) in [6.07, 6.45) is 7.12. The number of anilines is 1. The predicted octanol–water partition coefficient (Wildman–Crippen LogP) is 2.90. The van der Waals surface area contributed by atoms with Crippen LogP contribution in [0.1, 0.15) is 29.6 Å². The van der Waals surface area contributed by atoms with Crippen LogP contribution in [0.3, 0.4) is 0 Å². The first-order chi connectivity index (χ1) is 9.13. The summed E-state index contributed by atoms with van der Waals surface area (Å²) in [6, 6.07) is 2.09. The zero-order valence-corrected chi connectivity index (χ0v) is 13.5. The first-order valence-corrected chi connectivity index (χ1v) is 8.39. The van der Waals surface area contributed by atoms with Gasteiger partial charge in [0.15, 0.2) is 0 Å². The van der Waals surface area contributed by atoms with Gasteiger partial charge in [0.05, 0.1) is 5.56 Å². The minimum absolute atomic E-state index is 0.0510. The molecule has 2 atom stereocenters. The van der Waals surface area contributed by atoms with E-state index < -0.39 is 0 Å². The molecule has 19 heavy (non-hydrogen) atoms. The molecule has 4 nitrogen and oxygen atoms in total. The molecule has 0 aliphatic heterocycles. The smallest absolute Gasteiger partial charge is 0.255 e. The van der Waals surface area contributed by atoms with Crippen molar-refractivity contribution in [3.8, 4) is 0 Å². The zero-order chi connectivity index (χ0) is 13.8. The lowest BCUT2D eigenvalue weighted by Crippen LogP contribution is -2.33. The molecular formula is C13H18BrN3OS. The number of carbonyl (C=O) groups excluding carboxylic acids is 1. The third-order valence-electron chi connectivity index (χ3n) is 3.39. The Morgan fingerprint density at radius 2 is 2.32 bits per heavy atom. The summed E-state index contributed by atoms with van der Waals surface area (Å²) in [4.78, 5) is 16.5. The lowest BCUT2D eigenvalue weighted by atomic mass is 10.2. The quantitative estimate of drug-likeness (QED) is 0.882. The molecule has 2 N–H and O–H groups in total. The Morgan fingerprint density at radius 1 is 1.53 bits per heavy atom. The Bertz CT molecular complexity index is 469. The van der Waals surface area contributed by atoms with Crippen LogP contribution in [-0.4, -0.2) is 35.5 Å². The first kappa shape index (κ1) is 14.7. The van der Waals surface area contributed by atoms with E-state index in [1.165, 1.54) is 6.42 Å². The topological polar surface area (TPSA) is 54.0 Å². The Kier molecular flexibility index (Phi) is 5.10. The second-order valence-corrected chi connectivity index (χ2v) is 6.69. The van der Waals surface area contributed by atoms with Crippen LogP contribution in [0, 0.1) is 0 Å². The maximum absolute atomic E-state index is 12.3. The lowest BCUT2D eigenvalue weighted by molar-refractivity contribution is 0.0938. The van der Waals surface area contributed by atoms with Crippen molar-refractivity contribution in [2.24, 2.45) is 0 Å². The van der Waals surface area contributed by atoms with Crippen LogP contribution in [0.4, 0.5) is 5.82 Å². The van der Waals surface area contributed by atoms with Gasteiger partial charge in [-0.25, -0.2) is 4.98 Å². The van der Waals surface area contributed by atoms with Crippen LogP contribution in [0.15, 0.2) is 16.7 Å². The van der Waals surface area contributed by atoms with Crippen LogP contribution in [-0.2, 0) is 0 Å². The summed E-state index contributed by atoms with van der Waals surface area (Å²) in [5, 5.41) is 6.74. The number of hydrogen-bond acceptors (Lipinski definition) is 4. The fourth-order valence-electron chi connectivity index (χ4n) is 2.36. The molecule has 1 aromatic heterocycles. The normalized spacial score (nSPS) is 22.3. The number of nitrogens with zero attached hydrogens (tertiary/aromatic N) is 1. The number of aromatic nitrogens is 1.